The van der Waals surface area contributed by atoms with Gasteiger partial charge in [0.25, 0.3) is 0 Å². The molecule has 114 valence electrons. The maximum absolute atomic E-state index is 5.80. The van der Waals surface area contributed by atoms with Crippen LogP contribution in [0.15, 0.2) is 25.0 Å². The quantitative estimate of drug-likeness (QED) is 0.753. The number of hydrogen-bond acceptors (Lipinski definition) is 6. The number of rotatable bonds is 5. The van der Waals surface area contributed by atoms with E-state index in [2.05, 4.69) is 26.3 Å². The summed E-state index contributed by atoms with van der Waals surface area (Å²) in [6, 6.07) is 2.44. The fourth-order valence-corrected chi connectivity index (χ4v) is 3.14. The van der Waals surface area contributed by atoms with Gasteiger partial charge in [-0.2, -0.15) is 0 Å². The lowest BCUT2D eigenvalue weighted by Gasteiger charge is -2.37. The van der Waals surface area contributed by atoms with E-state index in [1.165, 1.54) is 0 Å². The van der Waals surface area contributed by atoms with E-state index in [0.29, 0.717) is 24.6 Å². The zero-order valence-corrected chi connectivity index (χ0v) is 12.4. The second-order valence-corrected chi connectivity index (χ2v) is 5.49. The summed E-state index contributed by atoms with van der Waals surface area (Å²) >= 11 is 0. The molecule has 2 saturated heterocycles. The number of piperazine rings is 1. The molecule has 0 saturated carbocycles. The molecule has 6 heteroatoms. The van der Waals surface area contributed by atoms with Crippen LogP contribution < -0.4 is 9.64 Å². The molecule has 0 bridgehead atoms. The minimum atomic E-state index is 0.327. The minimum absolute atomic E-state index is 0.327. The number of nitrogens with zero attached hydrogens (tertiary/aromatic N) is 4. The Bertz CT molecular complexity index is 496. The first kappa shape index (κ1) is 14.3. The van der Waals surface area contributed by atoms with Gasteiger partial charge in [0.1, 0.15) is 12.1 Å². The Morgan fingerprint density at radius 1 is 1.38 bits per heavy atom. The van der Waals surface area contributed by atoms with Crippen molar-refractivity contribution in [3.8, 4) is 5.88 Å². The molecule has 0 spiro atoms. The molecule has 6 nitrogen and oxygen atoms in total. The van der Waals surface area contributed by atoms with Crippen LogP contribution in [0.5, 0.6) is 5.88 Å². The fraction of sp³-hybridized carbons (Fsp3) is 0.600. The topological polar surface area (TPSA) is 50.7 Å². The monoisotopic (exact) mass is 290 g/mol. The first-order chi connectivity index (χ1) is 10.3. The van der Waals surface area contributed by atoms with Crippen molar-refractivity contribution in [3.63, 3.8) is 0 Å². The molecule has 0 unspecified atom stereocenters. The smallest absolute Gasteiger partial charge is 0.218 e. The summed E-state index contributed by atoms with van der Waals surface area (Å²) in [6.07, 6.45) is 4.78. The van der Waals surface area contributed by atoms with Gasteiger partial charge in [0, 0.05) is 38.3 Å². The Kier molecular flexibility index (Phi) is 4.36. The molecule has 3 rings (SSSR count). The van der Waals surface area contributed by atoms with Crippen molar-refractivity contribution in [3.05, 3.63) is 25.0 Å². The highest BCUT2D eigenvalue weighted by atomic mass is 16.5. The molecule has 2 aliphatic rings. The molecule has 1 aromatic rings. The van der Waals surface area contributed by atoms with E-state index in [0.717, 1.165) is 38.4 Å². The first-order valence-corrected chi connectivity index (χ1v) is 7.37. The van der Waals surface area contributed by atoms with Crippen LogP contribution in [0.2, 0.25) is 0 Å². The zero-order valence-electron chi connectivity index (χ0n) is 12.4. The SMILES string of the molecule is C=CCO[C@@H]1C[C@H]2CN(c3cc(OC)ncn3)CCN2C1. The number of aromatic nitrogens is 2. The van der Waals surface area contributed by atoms with E-state index in [-0.39, 0.29) is 0 Å². The largest absolute Gasteiger partial charge is 0.481 e. The highest BCUT2D eigenvalue weighted by Crippen LogP contribution is 2.27. The third kappa shape index (κ3) is 3.16. The summed E-state index contributed by atoms with van der Waals surface area (Å²) in [5, 5.41) is 0. The summed E-state index contributed by atoms with van der Waals surface area (Å²) in [5.41, 5.74) is 0. The van der Waals surface area contributed by atoms with Crippen LogP contribution in [0.3, 0.4) is 0 Å². The van der Waals surface area contributed by atoms with E-state index in [1.807, 2.05) is 12.1 Å². The molecule has 2 fully saturated rings. The predicted molar refractivity (Wildman–Crippen MR) is 80.7 cm³/mol. The van der Waals surface area contributed by atoms with Gasteiger partial charge in [-0.25, -0.2) is 9.97 Å². The molecule has 2 atom stereocenters. The second-order valence-electron chi connectivity index (χ2n) is 5.49. The molecule has 0 aliphatic carbocycles. The molecule has 0 N–H and O–H groups in total. The van der Waals surface area contributed by atoms with Crippen molar-refractivity contribution >= 4 is 5.82 Å². The highest BCUT2D eigenvalue weighted by Gasteiger charge is 2.36. The maximum atomic E-state index is 5.80. The Morgan fingerprint density at radius 2 is 2.29 bits per heavy atom. The van der Waals surface area contributed by atoms with Gasteiger partial charge < -0.3 is 14.4 Å². The van der Waals surface area contributed by atoms with Crippen molar-refractivity contribution in [1.29, 1.82) is 0 Å². The van der Waals surface area contributed by atoms with Gasteiger partial charge in [0.2, 0.25) is 5.88 Å². The van der Waals surface area contributed by atoms with Crippen LogP contribution in [0.25, 0.3) is 0 Å². The molecular weight excluding hydrogens is 268 g/mol. The van der Waals surface area contributed by atoms with Crippen LogP contribution in [0.1, 0.15) is 6.42 Å². The van der Waals surface area contributed by atoms with Gasteiger partial charge in [-0.3, -0.25) is 4.90 Å². The summed E-state index contributed by atoms with van der Waals surface area (Å²) in [5.74, 6) is 1.55. The number of methoxy groups -OCH3 is 1. The van der Waals surface area contributed by atoms with E-state index in [9.17, 15) is 0 Å². The molecule has 0 amide bonds. The van der Waals surface area contributed by atoms with Gasteiger partial charge in [-0.1, -0.05) is 6.08 Å². The van der Waals surface area contributed by atoms with Gasteiger partial charge >= 0.3 is 0 Å². The summed E-state index contributed by atoms with van der Waals surface area (Å²) in [6.45, 7) is 8.38. The van der Waals surface area contributed by atoms with Crippen LogP contribution in [0, 0.1) is 0 Å². The van der Waals surface area contributed by atoms with E-state index < -0.39 is 0 Å². The lowest BCUT2D eigenvalue weighted by molar-refractivity contribution is 0.0805. The minimum Gasteiger partial charge on any atom is -0.481 e. The average Bonchev–Trinajstić information content (AvgIpc) is 2.94. The molecule has 0 radical (unpaired) electrons. The van der Waals surface area contributed by atoms with E-state index >= 15 is 0 Å². The third-order valence-electron chi connectivity index (χ3n) is 4.19. The van der Waals surface area contributed by atoms with E-state index in [4.69, 9.17) is 9.47 Å². The van der Waals surface area contributed by atoms with Crippen LogP contribution >= 0.6 is 0 Å². The van der Waals surface area contributed by atoms with Gasteiger partial charge in [0.05, 0.1) is 19.8 Å². The standard InChI is InChI=1S/C15H22N4O2/c1-3-6-21-13-7-12-9-19(5-4-18(12)10-13)14-8-15(20-2)17-11-16-14/h3,8,11-13H,1,4-7,9-10H2,2H3/t12-,13+/m0/s1. The molecule has 1 aromatic heterocycles. The average molecular weight is 290 g/mol. The van der Waals surface area contributed by atoms with Gasteiger partial charge in [-0.05, 0) is 6.42 Å². The normalized spacial score (nSPS) is 25.7. The summed E-state index contributed by atoms with van der Waals surface area (Å²) < 4.78 is 11.0. The maximum Gasteiger partial charge on any atom is 0.218 e. The van der Waals surface area contributed by atoms with Crippen LogP contribution in [0.4, 0.5) is 5.82 Å². The third-order valence-corrected chi connectivity index (χ3v) is 4.19. The Hall–Kier alpha value is -1.66. The first-order valence-electron chi connectivity index (χ1n) is 7.37. The van der Waals surface area contributed by atoms with Crippen molar-refractivity contribution in [2.24, 2.45) is 0 Å². The van der Waals surface area contributed by atoms with Crippen molar-refractivity contribution in [1.82, 2.24) is 14.9 Å². The number of hydrogen-bond donors (Lipinski definition) is 0. The molecule has 3 heterocycles. The Morgan fingerprint density at radius 3 is 3.10 bits per heavy atom. The summed E-state index contributed by atoms with van der Waals surface area (Å²) in [4.78, 5) is 13.3. The lowest BCUT2D eigenvalue weighted by atomic mass is 10.1. The highest BCUT2D eigenvalue weighted by molar-refractivity contribution is 5.41. The zero-order chi connectivity index (χ0) is 14.7. The van der Waals surface area contributed by atoms with E-state index in [1.54, 1.807) is 13.4 Å². The number of ether oxygens (including phenoxy) is 2. The molecule has 0 aromatic carbocycles. The number of fused-ring (bicyclic) bond motifs is 1. The Labute approximate surface area is 125 Å². The molecular formula is C15H22N4O2. The second kappa shape index (κ2) is 6.41. The molecule has 21 heavy (non-hydrogen) atoms. The van der Waals surface area contributed by atoms with Crippen molar-refractivity contribution in [2.45, 2.75) is 18.6 Å². The summed E-state index contributed by atoms with van der Waals surface area (Å²) in [7, 11) is 1.63. The van der Waals surface area contributed by atoms with Gasteiger partial charge in [-0.15, -0.1) is 6.58 Å². The lowest BCUT2D eigenvalue weighted by Crippen LogP contribution is -2.50. The number of anilines is 1. The van der Waals surface area contributed by atoms with Gasteiger partial charge in [0.15, 0.2) is 0 Å². The van der Waals surface area contributed by atoms with Crippen LogP contribution in [-0.4, -0.2) is 66.9 Å². The predicted octanol–water partition coefficient (Wildman–Crippen LogP) is 0.951. The fourth-order valence-electron chi connectivity index (χ4n) is 3.14. The molecule has 2 aliphatic heterocycles. The van der Waals surface area contributed by atoms with Crippen molar-refractivity contribution in [2.75, 3.05) is 44.8 Å². The Balaban J connectivity index is 1.63. The van der Waals surface area contributed by atoms with Crippen molar-refractivity contribution < 1.29 is 9.47 Å². The van der Waals surface area contributed by atoms with Crippen LogP contribution in [-0.2, 0) is 4.74 Å².